The Labute approximate surface area is 132 Å². The molecule has 0 fully saturated rings. The van der Waals surface area contributed by atoms with E-state index in [9.17, 15) is 0 Å². The molecule has 2 aromatic rings. The lowest BCUT2D eigenvalue weighted by Crippen LogP contribution is -2.13. The van der Waals surface area contributed by atoms with Crippen LogP contribution in [0, 0.1) is 29.1 Å². The average molecular weight is 280 g/mol. The van der Waals surface area contributed by atoms with E-state index in [1.54, 1.807) is 0 Å². The molecule has 0 spiro atoms. The highest BCUT2D eigenvalue weighted by atomic mass is 14.2. The van der Waals surface area contributed by atoms with Gasteiger partial charge >= 0.3 is 0 Å². The molecule has 0 N–H and O–H groups in total. The van der Waals surface area contributed by atoms with Crippen molar-refractivity contribution in [1.29, 1.82) is 0 Å². The molecule has 0 saturated carbocycles. The molecule has 0 radical (unpaired) electrons. The second-order valence-corrected chi connectivity index (χ2v) is 5.19. The molecule has 0 nitrogen and oxygen atoms in total. The van der Waals surface area contributed by atoms with Crippen molar-refractivity contribution in [3.63, 3.8) is 0 Å². The Morgan fingerprint density at radius 2 is 1.23 bits per heavy atom. The highest BCUT2D eigenvalue weighted by molar-refractivity contribution is 5.46. The van der Waals surface area contributed by atoms with Gasteiger partial charge in [-0.25, -0.2) is 0 Å². The molecule has 0 heteroatoms. The summed E-state index contributed by atoms with van der Waals surface area (Å²) in [5, 5.41) is 0. The fourth-order valence-electron chi connectivity index (χ4n) is 2.25. The maximum atomic E-state index is 3.36. The van der Waals surface area contributed by atoms with Gasteiger partial charge in [-0.3, -0.25) is 0 Å². The van der Waals surface area contributed by atoms with Crippen molar-refractivity contribution in [3.8, 4) is 23.7 Å². The third-order valence-corrected chi connectivity index (χ3v) is 3.48. The molecule has 0 aromatic heterocycles. The van der Waals surface area contributed by atoms with Crippen molar-refractivity contribution in [3.05, 3.63) is 96.1 Å². The minimum absolute atomic E-state index is 0.402. The normalized spacial score (nSPS) is 14.4. The van der Waals surface area contributed by atoms with Crippen LogP contribution in [0.2, 0.25) is 0 Å². The number of hydrogen-bond acceptors (Lipinski definition) is 0. The van der Waals surface area contributed by atoms with Crippen LogP contribution in [0.5, 0.6) is 0 Å². The highest BCUT2D eigenvalue weighted by Crippen LogP contribution is 2.26. The van der Waals surface area contributed by atoms with E-state index in [4.69, 9.17) is 0 Å². The summed E-state index contributed by atoms with van der Waals surface area (Å²) >= 11 is 0. The van der Waals surface area contributed by atoms with Gasteiger partial charge < -0.3 is 0 Å². The summed E-state index contributed by atoms with van der Waals surface area (Å²) in [4.78, 5) is 0. The van der Waals surface area contributed by atoms with E-state index in [0.29, 0.717) is 0 Å². The van der Waals surface area contributed by atoms with Gasteiger partial charge in [-0.2, -0.15) is 0 Å². The van der Waals surface area contributed by atoms with Gasteiger partial charge in [0.25, 0.3) is 0 Å². The van der Waals surface area contributed by atoms with Crippen molar-refractivity contribution in [1.82, 2.24) is 0 Å². The fraction of sp³-hybridized carbons (Fsp3) is 0.0909. The van der Waals surface area contributed by atoms with E-state index in [0.717, 1.165) is 17.5 Å². The van der Waals surface area contributed by atoms with Crippen LogP contribution in [0.3, 0.4) is 0 Å². The Balaban J connectivity index is 1.94. The summed E-state index contributed by atoms with van der Waals surface area (Å²) in [6.07, 6.45) is 9.12. The third kappa shape index (κ3) is 3.57. The van der Waals surface area contributed by atoms with Crippen LogP contribution in [0.1, 0.15) is 17.5 Å². The topological polar surface area (TPSA) is 0 Å². The first kappa shape index (κ1) is 14.0. The predicted octanol–water partition coefficient (Wildman–Crippen LogP) is 4.59. The molecule has 104 valence electrons. The van der Waals surface area contributed by atoms with Crippen LogP contribution >= 0.6 is 0 Å². The molecule has 0 bridgehead atoms. The molecule has 0 atom stereocenters. The Kier molecular flexibility index (Phi) is 4.24. The van der Waals surface area contributed by atoms with Crippen LogP contribution in [-0.2, 0) is 0 Å². The smallest absolute Gasteiger partial charge is 0.0817 e. The average Bonchev–Trinajstić information content (AvgIpc) is 2.61. The van der Waals surface area contributed by atoms with Gasteiger partial charge in [0, 0.05) is 11.1 Å². The quantitative estimate of drug-likeness (QED) is 0.619. The number of allylic oxidation sites excluding steroid dienone is 4. The summed E-state index contributed by atoms with van der Waals surface area (Å²) < 4.78 is 0. The second-order valence-electron chi connectivity index (χ2n) is 5.19. The third-order valence-electron chi connectivity index (χ3n) is 3.48. The Bertz CT molecular complexity index is 743. The van der Waals surface area contributed by atoms with Crippen molar-refractivity contribution in [2.24, 2.45) is 5.41 Å². The van der Waals surface area contributed by atoms with E-state index >= 15 is 0 Å². The van der Waals surface area contributed by atoms with Crippen LogP contribution in [0.25, 0.3) is 0 Å². The SMILES string of the molecule is C(#CC1(C#Cc2ccccc2)C=CC=CC1)c1ccccc1. The molecule has 0 amide bonds. The fourth-order valence-corrected chi connectivity index (χ4v) is 2.25. The van der Waals surface area contributed by atoms with E-state index in [-0.39, 0.29) is 0 Å². The lowest BCUT2D eigenvalue weighted by Gasteiger charge is -2.18. The summed E-state index contributed by atoms with van der Waals surface area (Å²) in [5.74, 6) is 13.2. The molecule has 0 aliphatic heterocycles. The zero-order chi connectivity index (χ0) is 15.1. The number of benzene rings is 2. The molecule has 0 heterocycles. The van der Waals surface area contributed by atoms with Gasteiger partial charge in [-0.05, 0) is 30.7 Å². The largest absolute Gasteiger partial charge is 0.114 e. The van der Waals surface area contributed by atoms with Crippen LogP contribution in [0.4, 0.5) is 0 Å². The summed E-state index contributed by atoms with van der Waals surface area (Å²) in [6, 6.07) is 20.1. The Morgan fingerprint density at radius 1 is 0.682 bits per heavy atom. The molecule has 3 rings (SSSR count). The van der Waals surface area contributed by atoms with E-state index in [1.165, 1.54) is 0 Å². The van der Waals surface area contributed by atoms with Crippen molar-refractivity contribution in [2.75, 3.05) is 0 Å². The van der Waals surface area contributed by atoms with Crippen LogP contribution in [0.15, 0.2) is 85.0 Å². The van der Waals surface area contributed by atoms with Gasteiger partial charge in [0.1, 0.15) is 5.41 Å². The van der Waals surface area contributed by atoms with Crippen molar-refractivity contribution in [2.45, 2.75) is 6.42 Å². The van der Waals surface area contributed by atoms with Crippen LogP contribution < -0.4 is 0 Å². The molecule has 1 aliphatic rings. The van der Waals surface area contributed by atoms with Gasteiger partial charge in [-0.1, -0.05) is 84.4 Å². The molecular formula is C22H16. The zero-order valence-electron chi connectivity index (χ0n) is 12.3. The first-order valence-electron chi connectivity index (χ1n) is 7.37. The number of rotatable bonds is 0. The molecule has 2 aromatic carbocycles. The van der Waals surface area contributed by atoms with Gasteiger partial charge in [-0.15, -0.1) is 0 Å². The molecule has 0 saturated heterocycles. The predicted molar refractivity (Wildman–Crippen MR) is 92.0 cm³/mol. The van der Waals surface area contributed by atoms with E-state index in [2.05, 4.69) is 35.8 Å². The summed E-state index contributed by atoms with van der Waals surface area (Å²) in [6.45, 7) is 0. The minimum atomic E-state index is -0.402. The van der Waals surface area contributed by atoms with Gasteiger partial charge in [0.2, 0.25) is 0 Å². The molecule has 0 unspecified atom stereocenters. The molecule has 1 aliphatic carbocycles. The Hall–Kier alpha value is -2.96. The van der Waals surface area contributed by atoms with Gasteiger partial charge in [0.15, 0.2) is 0 Å². The number of hydrogen-bond donors (Lipinski definition) is 0. The Morgan fingerprint density at radius 3 is 1.68 bits per heavy atom. The van der Waals surface area contributed by atoms with Crippen LogP contribution in [-0.4, -0.2) is 0 Å². The standard InChI is InChI=1S/C22H16/c1-4-10-20(11-5-1)14-18-22(16-8-3-9-17-22)19-15-21-12-6-2-7-13-21/h1-13,16H,17H2. The first-order valence-corrected chi connectivity index (χ1v) is 7.37. The van der Waals surface area contributed by atoms with Crippen molar-refractivity contribution >= 4 is 0 Å². The van der Waals surface area contributed by atoms with E-state index in [1.807, 2.05) is 72.8 Å². The summed E-state index contributed by atoms with van der Waals surface area (Å²) in [7, 11) is 0. The van der Waals surface area contributed by atoms with E-state index < -0.39 is 5.41 Å². The molecular weight excluding hydrogens is 264 g/mol. The van der Waals surface area contributed by atoms with Gasteiger partial charge in [0.05, 0.1) is 0 Å². The lowest BCUT2D eigenvalue weighted by molar-refractivity contribution is 0.690. The maximum Gasteiger partial charge on any atom is 0.114 e. The maximum absolute atomic E-state index is 3.36. The van der Waals surface area contributed by atoms with Crippen molar-refractivity contribution < 1.29 is 0 Å². The second kappa shape index (κ2) is 6.66. The zero-order valence-corrected chi connectivity index (χ0v) is 12.3. The molecule has 22 heavy (non-hydrogen) atoms. The first-order chi connectivity index (χ1) is 10.9. The summed E-state index contributed by atoms with van der Waals surface area (Å²) in [5.41, 5.74) is 1.64. The lowest BCUT2D eigenvalue weighted by atomic mass is 9.82. The minimum Gasteiger partial charge on any atom is -0.0817 e. The monoisotopic (exact) mass is 280 g/mol. The highest BCUT2D eigenvalue weighted by Gasteiger charge is 2.21.